The second-order valence-corrected chi connectivity index (χ2v) is 6.36. The van der Waals surface area contributed by atoms with E-state index in [2.05, 4.69) is 10.1 Å². The van der Waals surface area contributed by atoms with E-state index in [9.17, 15) is 14.4 Å². The van der Waals surface area contributed by atoms with E-state index < -0.39 is 11.9 Å². The fourth-order valence-corrected chi connectivity index (χ4v) is 2.73. The van der Waals surface area contributed by atoms with Crippen LogP contribution in [0.5, 0.6) is 0 Å². The van der Waals surface area contributed by atoms with Crippen LogP contribution in [0, 0.1) is 6.92 Å². The van der Waals surface area contributed by atoms with E-state index in [0.29, 0.717) is 17.8 Å². The summed E-state index contributed by atoms with van der Waals surface area (Å²) in [5, 5.41) is 2.68. The van der Waals surface area contributed by atoms with Gasteiger partial charge in [-0.05, 0) is 48.9 Å². The number of nitrogens with zero attached hydrogens (tertiary/aromatic N) is 1. The van der Waals surface area contributed by atoms with Gasteiger partial charge in [-0.2, -0.15) is 0 Å². The Balaban J connectivity index is 1.77. The smallest absolute Gasteiger partial charge is 0.337 e. The molecular formula is C22H20N2O4. The topological polar surface area (TPSA) is 77.4 Å². The van der Waals surface area contributed by atoms with E-state index in [0.717, 1.165) is 11.1 Å². The van der Waals surface area contributed by atoms with Gasteiger partial charge in [0.1, 0.15) is 5.56 Å². The van der Waals surface area contributed by atoms with Crippen molar-refractivity contribution in [3.63, 3.8) is 0 Å². The van der Waals surface area contributed by atoms with Crippen LogP contribution in [-0.4, -0.2) is 23.6 Å². The third kappa shape index (κ3) is 4.35. The van der Waals surface area contributed by atoms with Gasteiger partial charge in [0.15, 0.2) is 0 Å². The summed E-state index contributed by atoms with van der Waals surface area (Å²) < 4.78 is 6.14. The molecule has 1 amide bonds. The Morgan fingerprint density at radius 3 is 2.32 bits per heavy atom. The van der Waals surface area contributed by atoms with Crippen molar-refractivity contribution >= 4 is 17.6 Å². The second kappa shape index (κ2) is 8.35. The van der Waals surface area contributed by atoms with Crippen LogP contribution >= 0.6 is 0 Å². The number of nitrogens with one attached hydrogen (secondary N) is 1. The Kier molecular flexibility index (Phi) is 5.69. The molecule has 0 atom stereocenters. The van der Waals surface area contributed by atoms with Crippen LogP contribution in [-0.2, 0) is 11.3 Å². The van der Waals surface area contributed by atoms with Crippen molar-refractivity contribution in [3.8, 4) is 0 Å². The molecule has 142 valence electrons. The molecule has 0 unspecified atom stereocenters. The summed E-state index contributed by atoms with van der Waals surface area (Å²) in [5.74, 6) is -0.964. The first-order valence-corrected chi connectivity index (χ1v) is 8.72. The SMILES string of the molecule is COC(=O)c1ccc(NC(=O)c2cccn(Cc3ccc(C)cc3)c2=O)cc1. The molecule has 1 aromatic heterocycles. The minimum atomic E-state index is -0.505. The summed E-state index contributed by atoms with van der Waals surface area (Å²) in [6, 6.07) is 17.3. The van der Waals surface area contributed by atoms with Crippen LogP contribution in [0.4, 0.5) is 5.69 Å². The molecule has 3 rings (SSSR count). The summed E-state index contributed by atoms with van der Waals surface area (Å²) >= 11 is 0. The van der Waals surface area contributed by atoms with Crippen molar-refractivity contribution in [1.82, 2.24) is 4.57 Å². The van der Waals surface area contributed by atoms with Crippen LogP contribution in [0.25, 0.3) is 0 Å². The molecule has 6 nitrogen and oxygen atoms in total. The highest BCUT2D eigenvalue weighted by molar-refractivity contribution is 6.04. The molecule has 0 spiro atoms. The lowest BCUT2D eigenvalue weighted by molar-refractivity contribution is 0.0600. The van der Waals surface area contributed by atoms with Crippen molar-refractivity contribution in [2.45, 2.75) is 13.5 Å². The summed E-state index contributed by atoms with van der Waals surface area (Å²) in [6.45, 7) is 2.38. The molecular weight excluding hydrogens is 356 g/mol. The van der Waals surface area contributed by atoms with E-state index in [1.54, 1.807) is 36.5 Å². The van der Waals surface area contributed by atoms with E-state index in [1.807, 2.05) is 31.2 Å². The summed E-state index contributed by atoms with van der Waals surface area (Å²) in [7, 11) is 1.30. The average Bonchev–Trinajstić information content (AvgIpc) is 2.71. The quantitative estimate of drug-likeness (QED) is 0.694. The maximum absolute atomic E-state index is 12.7. The van der Waals surface area contributed by atoms with Gasteiger partial charge in [-0.25, -0.2) is 4.79 Å². The number of rotatable bonds is 5. The number of aryl methyl sites for hydroxylation is 1. The van der Waals surface area contributed by atoms with Gasteiger partial charge in [-0.3, -0.25) is 9.59 Å². The number of pyridine rings is 1. The first-order valence-electron chi connectivity index (χ1n) is 8.72. The van der Waals surface area contributed by atoms with Gasteiger partial charge in [0.25, 0.3) is 11.5 Å². The molecule has 0 aliphatic carbocycles. The lowest BCUT2D eigenvalue weighted by atomic mass is 10.1. The second-order valence-electron chi connectivity index (χ2n) is 6.36. The van der Waals surface area contributed by atoms with Gasteiger partial charge in [0.2, 0.25) is 0 Å². The summed E-state index contributed by atoms with van der Waals surface area (Å²) in [6.07, 6.45) is 1.66. The number of benzene rings is 2. The predicted molar refractivity (Wildman–Crippen MR) is 107 cm³/mol. The first kappa shape index (κ1) is 19.1. The Hall–Kier alpha value is -3.67. The molecule has 0 saturated carbocycles. The highest BCUT2D eigenvalue weighted by atomic mass is 16.5. The maximum atomic E-state index is 12.7. The van der Waals surface area contributed by atoms with E-state index >= 15 is 0 Å². The van der Waals surface area contributed by atoms with Crippen molar-refractivity contribution in [2.24, 2.45) is 0 Å². The molecule has 0 fully saturated rings. The summed E-state index contributed by atoms with van der Waals surface area (Å²) in [5.41, 5.74) is 2.65. The zero-order valence-corrected chi connectivity index (χ0v) is 15.6. The van der Waals surface area contributed by atoms with Gasteiger partial charge >= 0.3 is 5.97 Å². The Labute approximate surface area is 162 Å². The third-order valence-corrected chi connectivity index (χ3v) is 4.30. The Morgan fingerprint density at radius 1 is 1.00 bits per heavy atom. The molecule has 2 aromatic carbocycles. The lowest BCUT2D eigenvalue weighted by Crippen LogP contribution is -2.29. The predicted octanol–water partition coefficient (Wildman–Crippen LogP) is 3.24. The van der Waals surface area contributed by atoms with Gasteiger partial charge < -0.3 is 14.6 Å². The molecule has 0 bridgehead atoms. The van der Waals surface area contributed by atoms with Crippen LogP contribution in [0.3, 0.4) is 0 Å². The number of anilines is 1. The van der Waals surface area contributed by atoms with Crippen LogP contribution in [0.15, 0.2) is 71.7 Å². The van der Waals surface area contributed by atoms with Crippen LogP contribution in [0.1, 0.15) is 31.8 Å². The average molecular weight is 376 g/mol. The molecule has 0 aliphatic rings. The number of methoxy groups -OCH3 is 1. The number of aromatic nitrogens is 1. The van der Waals surface area contributed by atoms with Gasteiger partial charge in [0, 0.05) is 11.9 Å². The number of hydrogen-bond acceptors (Lipinski definition) is 4. The Morgan fingerprint density at radius 2 is 1.68 bits per heavy atom. The van der Waals surface area contributed by atoms with Crippen LogP contribution < -0.4 is 10.9 Å². The zero-order chi connectivity index (χ0) is 20.1. The van der Waals surface area contributed by atoms with Crippen molar-refractivity contribution in [3.05, 3.63) is 99.5 Å². The van der Waals surface area contributed by atoms with E-state index in [4.69, 9.17) is 0 Å². The molecule has 0 aliphatic heterocycles. The number of carbonyl (C=O) groups is 2. The number of carbonyl (C=O) groups excluding carboxylic acids is 2. The number of hydrogen-bond donors (Lipinski definition) is 1. The number of ether oxygens (including phenoxy) is 1. The zero-order valence-electron chi connectivity index (χ0n) is 15.6. The fraction of sp³-hybridized carbons (Fsp3) is 0.136. The van der Waals surface area contributed by atoms with Gasteiger partial charge in [0.05, 0.1) is 19.2 Å². The van der Waals surface area contributed by atoms with Crippen molar-refractivity contribution < 1.29 is 14.3 Å². The molecule has 0 radical (unpaired) electrons. The largest absolute Gasteiger partial charge is 0.465 e. The van der Waals surface area contributed by atoms with E-state index in [-0.39, 0.29) is 11.1 Å². The van der Waals surface area contributed by atoms with E-state index in [1.165, 1.54) is 17.7 Å². The molecule has 0 saturated heterocycles. The standard InChI is InChI=1S/C22H20N2O4/c1-15-5-7-16(8-6-15)14-24-13-3-4-19(21(24)26)20(25)23-18-11-9-17(10-12-18)22(27)28-2/h3-13H,14H2,1-2H3,(H,23,25). The minimum Gasteiger partial charge on any atom is -0.465 e. The first-order chi connectivity index (χ1) is 13.5. The molecule has 28 heavy (non-hydrogen) atoms. The lowest BCUT2D eigenvalue weighted by Gasteiger charge is -2.09. The van der Waals surface area contributed by atoms with Crippen molar-refractivity contribution in [2.75, 3.05) is 12.4 Å². The van der Waals surface area contributed by atoms with Gasteiger partial charge in [-0.15, -0.1) is 0 Å². The number of esters is 1. The normalized spacial score (nSPS) is 10.4. The molecule has 3 aromatic rings. The fourth-order valence-electron chi connectivity index (χ4n) is 2.73. The highest BCUT2D eigenvalue weighted by Crippen LogP contribution is 2.12. The van der Waals surface area contributed by atoms with Crippen LogP contribution in [0.2, 0.25) is 0 Å². The summed E-state index contributed by atoms with van der Waals surface area (Å²) in [4.78, 5) is 36.7. The Bertz CT molecular complexity index is 1050. The van der Waals surface area contributed by atoms with Gasteiger partial charge in [-0.1, -0.05) is 29.8 Å². The third-order valence-electron chi connectivity index (χ3n) is 4.30. The monoisotopic (exact) mass is 376 g/mol. The molecule has 1 heterocycles. The molecule has 1 N–H and O–H groups in total. The maximum Gasteiger partial charge on any atom is 0.337 e. The minimum absolute atomic E-state index is 0.0478. The number of amides is 1. The van der Waals surface area contributed by atoms with Crippen molar-refractivity contribution in [1.29, 1.82) is 0 Å². The highest BCUT2D eigenvalue weighted by Gasteiger charge is 2.13. The molecule has 6 heteroatoms.